The Labute approximate surface area is 189 Å². The fourth-order valence-corrected chi connectivity index (χ4v) is 9.76. The van der Waals surface area contributed by atoms with Gasteiger partial charge < -0.3 is 15.3 Å². The standard InChI is InChI=1S/C27H46O4/c1-6-18-22-14-17(28)9-11-27(22,5)21-10-12-26(4)19(15(2)13-16(3)25(30)31)7-8-20(26)23(21)24(18)29/h15-24,28-29H,6-14H2,1-5H3,(H,30,31). The van der Waals surface area contributed by atoms with Crippen molar-refractivity contribution < 1.29 is 20.1 Å². The van der Waals surface area contributed by atoms with E-state index in [4.69, 9.17) is 0 Å². The largest absolute Gasteiger partial charge is 0.481 e. The first-order chi connectivity index (χ1) is 14.5. The molecule has 4 fully saturated rings. The van der Waals surface area contributed by atoms with Crippen molar-refractivity contribution in [3.8, 4) is 0 Å². The number of aliphatic hydroxyl groups excluding tert-OH is 2. The molecule has 0 bridgehead atoms. The molecular formula is C27H46O4. The van der Waals surface area contributed by atoms with Crippen molar-refractivity contribution >= 4 is 5.97 Å². The third-order valence-electron chi connectivity index (χ3n) is 11.3. The molecule has 0 aromatic carbocycles. The molecular weight excluding hydrogens is 388 g/mol. The van der Waals surface area contributed by atoms with Crippen molar-refractivity contribution in [2.45, 2.75) is 105 Å². The fourth-order valence-electron chi connectivity index (χ4n) is 9.76. The highest BCUT2D eigenvalue weighted by Gasteiger charge is 2.64. The lowest BCUT2D eigenvalue weighted by Gasteiger charge is -2.64. The Hall–Kier alpha value is -0.610. The van der Waals surface area contributed by atoms with Crippen molar-refractivity contribution in [2.75, 3.05) is 0 Å². The van der Waals surface area contributed by atoms with E-state index in [0.717, 1.165) is 32.1 Å². The fraction of sp³-hybridized carbons (Fsp3) is 0.963. The van der Waals surface area contributed by atoms with Crippen LogP contribution in [0.3, 0.4) is 0 Å². The zero-order valence-corrected chi connectivity index (χ0v) is 20.4. The van der Waals surface area contributed by atoms with E-state index in [2.05, 4.69) is 27.7 Å². The maximum atomic E-state index is 11.7. The van der Waals surface area contributed by atoms with Crippen molar-refractivity contribution in [1.29, 1.82) is 0 Å². The Morgan fingerprint density at radius 3 is 2.26 bits per heavy atom. The summed E-state index contributed by atoms with van der Waals surface area (Å²) < 4.78 is 0. The van der Waals surface area contributed by atoms with Crippen molar-refractivity contribution in [1.82, 2.24) is 0 Å². The Morgan fingerprint density at radius 1 is 0.968 bits per heavy atom. The van der Waals surface area contributed by atoms with Crippen LogP contribution in [-0.4, -0.2) is 33.5 Å². The van der Waals surface area contributed by atoms with Crippen molar-refractivity contribution in [3.63, 3.8) is 0 Å². The number of hydrogen-bond acceptors (Lipinski definition) is 3. The summed E-state index contributed by atoms with van der Waals surface area (Å²) >= 11 is 0. The molecule has 4 aliphatic rings. The summed E-state index contributed by atoms with van der Waals surface area (Å²) in [7, 11) is 0. The van der Waals surface area contributed by atoms with Gasteiger partial charge in [-0.25, -0.2) is 0 Å². The van der Waals surface area contributed by atoms with Crippen molar-refractivity contribution in [2.24, 2.45) is 58.2 Å². The number of fused-ring (bicyclic) bond motifs is 5. The highest BCUT2D eigenvalue weighted by Crippen LogP contribution is 2.69. The molecule has 3 N–H and O–H groups in total. The second-order valence-corrected chi connectivity index (χ2v) is 12.6. The van der Waals surface area contributed by atoms with Crippen LogP contribution in [0, 0.1) is 58.2 Å². The normalized spacial score (nSPS) is 51.3. The molecule has 31 heavy (non-hydrogen) atoms. The van der Waals surface area contributed by atoms with E-state index in [1.54, 1.807) is 0 Å². The Kier molecular flexibility index (Phi) is 6.31. The lowest BCUT2D eigenvalue weighted by molar-refractivity contribution is -0.203. The summed E-state index contributed by atoms with van der Waals surface area (Å²) in [6.07, 6.45) is 8.95. The topological polar surface area (TPSA) is 77.8 Å². The minimum atomic E-state index is -0.679. The van der Waals surface area contributed by atoms with Gasteiger partial charge >= 0.3 is 5.97 Å². The number of rotatable bonds is 5. The molecule has 4 heteroatoms. The number of aliphatic carboxylic acids is 1. The summed E-state index contributed by atoms with van der Waals surface area (Å²) in [6.45, 7) is 11.3. The molecule has 0 aromatic rings. The molecule has 12 atom stereocenters. The van der Waals surface area contributed by atoms with Gasteiger partial charge in [0.2, 0.25) is 0 Å². The smallest absolute Gasteiger partial charge is 0.306 e. The zero-order valence-electron chi connectivity index (χ0n) is 20.4. The van der Waals surface area contributed by atoms with Crippen LogP contribution in [0.4, 0.5) is 0 Å². The lowest BCUT2D eigenvalue weighted by atomic mass is 9.41. The van der Waals surface area contributed by atoms with Crippen LogP contribution in [0.5, 0.6) is 0 Å². The average Bonchev–Trinajstić information content (AvgIpc) is 3.06. The predicted octanol–water partition coefficient (Wildman–Crippen LogP) is 5.36. The minimum Gasteiger partial charge on any atom is -0.481 e. The molecule has 0 aromatic heterocycles. The van der Waals surface area contributed by atoms with E-state index >= 15 is 0 Å². The van der Waals surface area contributed by atoms with Gasteiger partial charge in [0.15, 0.2) is 0 Å². The molecule has 0 heterocycles. The molecule has 0 aliphatic heterocycles. The molecule has 4 nitrogen and oxygen atoms in total. The maximum absolute atomic E-state index is 11.7. The number of aliphatic hydroxyl groups is 2. The van der Waals surface area contributed by atoms with Gasteiger partial charge in [0.25, 0.3) is 0 Å². The van der Waals surface area contributed by atoms with E-state index < -0.39 is 5.97 Å². The van der Waals surface area contributed by atoms with Crippen LogP contribution in [0.15, 0.2) is 0 Å². The molecule has 4 rings (SSSR count). The molecule has 0 amide bonds. The highest BCUT2D eigenvalue weighted by molar-refractivity contribution is 5.69. The first-order valence-corrected chi connectivity index (χ1v) is 13.1. The number of carbonyl (C=O) groups is 1. The molecule has 12 unspecified atom stereocenters. The third-order valence-corrected chi connectivity index (χ3v) is 11.3. The highest BCUT2D eigenvalue weighted by atomic mass is 16.4. The van der Waals surface area contributed by atoms with E-state index in [-0.39, 0.29) is 29.0 Å². The second kappa shape index (κ2) is 8.31. The monoisotopic (exact) mass is 434 g/mol. The molecule has 4 saturated carbocycles. The lowest BCUT2D eigenvalue weighted by Crippen LogP contribution is -2.62. The van der Waals surface area contributed by atoms with Gasteiger partial charge in [0.1, 0.15) is 0 Å². The van der Waals surface area contributed by atoms with Gasteiger partial charge in [-0.2, -0.15) is 0 Å². The van der Waals surface area contributed by atoms with Crippen LogP contribution >= 0.6 is 0 Å². The number of hydrogen-bond donors (Lipinski definition) is 3. The van der Waals surface area contributed by atoms with Gasteiger partial charge in [-0.1, -0.05) is 41.0 Å². The first kappa shape index (κ1) is 23.5. The van der Waals surface area contributed by atoms with Crippen LogP contribution in [-0.2, 0) is 4.79 Å². The SMILES string of the molecule is CCC1C(O)C2C3CCC(C(C)CC(C)C(=O)O)C3(C)CCC2C2(C)CCC(O)CC12. The summed E-state index contributed by atoms with van der Waals surface area (Å²) in [5, 5.41) is 31.6. The van der Waals surface area contributed by atoms with Gasteiger partial charge in [0, 0.05) is 0 Å². The van der Waals surface area contributed by atoms with E-state index in [9.17, 15) is 20.1 Å². The van der Waals surface area contributed by atoms with E-state index in [0.29, 0.717) is 41.4 Å². The predicted molar refractivity (Wildman–Crippen MR) is 122 cm³/mol. The molecule has 4 aliphatic carbocycles. The molecule has 178 valence electrons. The third kappa shape index (κ3) is 3.59. The second-order valence-electron chi connectivity index (χ2n) is 12.6. The van der Waals surface area contributed by atoms with Gasteiger partial charge in [-0.15, -0.1) is 0 Å². The first-order valence-electron chi connectivity index (χ1n) is 13.1. The summed E-state index contributed by atoms with van der Waals surface area (Å²) in [5.41, 5.74) is 0.460. The van der Waals surface area contributed by atoms with Gasteiger partial charge in [0.05, 0.1) is 18.1 Å². The van der Waals surface area contributed by atoms with Crippen LogP contribution in [0.1, 0.15) is 92.4 Å². The van der Waals surface area contributed by atoms with Crippen LogP contribution in [0.2, 0.25) is 0 Å². The van der Waals surface area contributed by atoms with E-state index in [1.807, 2.05) is 6.92 Å². The van der Waals surface area contributed by atoms with E-state index in [1.165, 1.54) is 25.7 Å². The molecule has 0 saturated heterocycles. The molecule has 0 spiro atoms. The zero-order chi connectivity index (χ0) is 22.7. The van der Waals surface area contributed by atoms with Gasteiger partial charge in [-0.3, -0.25) is 4.79 Å². The van der Waals surface area contributed by atoms with Crippen LogP contribution in [0.25, 0.3) is 0 Å². The maximum Gasteiger partial charge on any atom is 0.306 e. The summed E-state index contributed by atoms with van der Waals surface area (Å²) in [6, 6.07) is 0. The Balaban J connectivity index is 1.61. The number of carboxylic acids is 1. The van der Waals surface area contributed by atoms with Gasteiger partial charge in [-0.05, 0) is 104 Å². The average molecular weight is 435 g/mol. The van der Waals surface area contributed by atoms with Crippen LogP contribution < -0.4 is 0 Å². The summed E-state index contributed by atoms with van der Waals surface area (Å²) in [5.74, 6) is 2.23. The summed E-state index contributed by atoms with van der Waals surface area (Å²) in [4.78, 5) is 11.5. The quantitative estimate of drug-likeness (QED) is 0.544. The molecule has 0 radical (unpaired) electrons. The minimum absolute atomic E-state index is 0.197. The Bertz CT molecular complexity index is 678. The Morgan fingerprint density at radius 2 is 1.61 bits per heavy atom. The number of carboxylic acid groups (broad SMARTS) is 1. The van der Waals surface area contributed by atoms with Crippen molar-refractivity contribution in [3.05, 3.63) is 0 Å².